The van der Waals surface area contributed by atoms with Gasteiger partial charge in [-0.1, -0.05) is 17.7 Å². The second kappa shape index (κ2) is 8.49. The first-order valence-electron chi connectivity index (χ1n) is 7.87. The zero-order chi connectivity index (χ0) is 19.3. The first-order valence-corrected chi connectivity index (χ1v) is 8.25. The van der Waals surface area contributed by atoms with Crippen molar-refractivity contribution < 1.29 is 19.1 Å². The molecule has 2 aromatic carbocycles. The molecule has 0 spiro atoms. The number of rotatable bonds is 5. The van der Waals surface area contributed by atoms with E-state index in [0.29, 0.717) is 16.4 Å². The van der Waals surface area contributed by atoms with Crippen LogP contribution in [0.5, 0.6) is 0 Å². The van der Waals surface area contributed by atoms with E-state index in [1.165, 1.54) is 19.1 Å². The topological polar surface area (TPSA) is 84.5 Å². The van der Waals surface area contributed by atoms with Gasteiger partial charge in [-0.25, -0.2) is 4.79 Å². The van der Waals surface area contributed by atoms with Crippen molar-refractivity contribution in [2.75, 3.05) is 17.2 Å². The molecule has 2 rings (SSSR count). The molecule has 0 saturated carbocycles. The normalized spacial score (nSPS) is 10.2. The third kappa shape index (κ3) is 5.32. The second-order valence-electron chi connectivity index (χ2n) is 5.82. The van der Waals surface area contributed by atoms with Crippen LogP contribution in [0.4, 0.5) is 11.4 Å². The Hall–Kier alpha value is -2.86. The molecule has 0 heterocycles. The molecule has 0 saturated heterocycles. The molecule has 0 radical (unpaired) electrons. The highest BCUT2D eigenvalue weighted by atomic mass is 35.5. The molecular formula is C19H19ClN2O4. The van der Waals surface area contributed by atoms with Crippen molar-refractivity contribution in [2.24, 2.45) is 0 Å². The fourth-order valence-electron chi connectivity index (χ4n) is 2.36. The SMILES string of the molecule is CC(=O)Nc1ccc(C(=O)OCC(=O)Nc2c(C)cc(C)cc2Cl)cc1. The zero-order valence-electron chi connectivity index (χ0n) is 14.7. The summed E-state index contributed by atoms with van der Waals surface area (Å²) in [5, 5.41) is 5.67. The minimum Gasteiger partial charge on any atom is -0.452 e. The van der Waals surface area contributed by atoms with E-state index in [4.69, 9.17) is 16.3 Å². The van der Waals surface area contributed by atoms with E-state index in [0.717, 1.165) is 11.1 Å². The molecule has 26 heavy (non-hydrogen) atoms. The summed E-state index contributed by atoms with van der Waals surface area (Å²) >= 11 is 6.14. The maximum absolute atomic E-state index is 12.0. The van der Waals surface area contributed by atoms with Gasteiger partial charge in [-0.15, -0.1) is 0 Å². The molecule has 0 aliphatic heterocycles. The average Bonchev–Trinajstić information content (AvgIpc) is 2.56. The number of carbonyl (C=O) groups excluding carboxylic acids is 3. The van der Waals surface area contributed by atoms with Crippen LogP contribution in [0.3, 0.4) is 0 Å². The summed E-state index contributed by atoms with van der Waals surface area (Å²) in [5.74, 6) is -1.33. The van der Waals surface area contributed by atoms with Gasteiger partial charge >= 0.3 is 5.97 Å². The van der Waals surface area contributed by atoms with Crippen LogP contribution < -0.4 is 10.6 Å². The van der Waals surface area contributed by atoms with E-state index < -0.39 is 18.5 Å². The first-order chi connectivity index (χ1) is 12.3. The van der Waals surface area contributed by atoms with Crippen LogP contribution in [0, 0.1) is 13.8 Å². The first kappa shape index (κ1) is 19.5. The maximum atomic E-state index is 12.0. The predicted molar refractivity (Wildman–Crippen MR) is 101 cm³/mol. The fourth-order valence-corrected chi connectivity index (χ4v) is 2.73. The number of aryl methyl sites for hydroxylation is 2. The van der Waals surface area contributed by atoms with E-state index in [9.17, 15) is 14.4 Å². The average molecular weight is 375 g/mol. The summed E-state index contributed by atoms with van der Waals surface area (Å²) in [6.07, 6.45) is 0. The van der Waals surface area contributed by atoms with Gasteiger partial charge in [0.25, 0.3) is 5.91 Å². The highest BCUT2D eigenvalue weighted by Crippen LogP contribution is 2.27. The summed E-state index contributed by atoms with van der Waals surface area (Å²) < 4.78 is 5.01. The van der Waals surface area contributed by atoms with Gasteiger partial charge in [-0.3, -0.25) is 9.59 Å². The zero-order valence-corrected chi connectivity index (χ0v) is 15.4. The molecule has 0 bridgehead atoms. The van der Waals surface area contributed by atoms with E-state index in [2.05, 4.69) is 10.6 Å². The number of benzene rings is 2. The Morgan fingerprint density at radius 3 is 2.27 bits per heavy atom. The van der Waals surface area contributed by atoms with Crippen molar-refractivity contribution in [2.45, 2.75) is 20.8 Å². The van der Waals surface area contributed by atoms with Gasteiger partial charge in [0.2, 0.25) is 5.91 Å². The number of esters is 1. The van der Waals surface area contributed by atoms with E-state index >= 15 is 0 Å². The van der Waals surface area contributed by atoms with Crippen molar-refractivity contribution in [3.05, 3.63) is 58.1 Å². The number of amides is 2. The van der Waals surface area contributed by atoms with Gasteiger partial charge in [0.15, 0.2) is 6.61 Å². The monoisotopic (exact) mass is 374 g/mol. The molecule has 6 nitrogen and oxygen atoms in total. The minimum absolute atomic E-state index is 0.206. The molecule has 2 aromatic rings. The van der Waals surface area contributed by atoms with Crippen LogP contribution in [0.2, 0.25) is 5.02 Å². The molecule has 0 unspecified atom stereocenters. The van der Waals surface area contributed by atoms with Gasteiger partial charge in [0, 0.05) is 12.6 Å². The molecular weight excluding hydrogens is 356 g/mol. The summed E-state index contributed by atoms with van der Waals surface area (Å²) in [5.41, 5.74) is 3.15. The summed E-state index contributed by atoms with van der Waals surface area (Å²) in [6.45, 7) is 4.69. The summed E-state index contributed by atoms with van der Waals surface area (Å²) in [6, 6.07) is 9.80. The van der Waals surface area contributed by atoms with E-state index in [1.807, 2.05) is 19.9 Å². The standard InChI is InChI=1S/C19H19ClN2O4/c1-11-8-12(2)18(16(20)9-11)22-17(24)10-26-19(25)14-4-6-15(7-5-14)21-13(3)23/h4-9H,10H2,1-3H3,(H,21,23)(H,22,24). The minimum atomic E-state index is -0.638. The molecule has 0 aliphatic rings. The van der Waals surface area contributed by atoms with Crippen molar-refractivity contribution in [3.63, 3.8) is 0 Å². The summed E-state index contributed by atoms with van der Waals surface area (Å²) in [7, 11) is 0. The Balaban J connectivity index is 1.93. The van der Waals surface area contributed by atoms with E-state index in [-0.39, 0.29) is 11.5 Å². The predicted octanol–water partition coefficient (Wildman–Crippen LogP) is 3.71. The number of anilines is 2. The lowest BCUT2D eigenvalue weighted by atomic mass is 10.1. The van der Waals surface area contributed by atoms with Crippen LogP contribution in [-0.2, 0) is 14.3 Å². The molecule has 2 N–H and O–H groups in total. The Labute approximate surface area is 156 Å². The van der Waals surface area contributed by atoms with Crippen LogP contribution in [-0.4, -0.2) is 24.4 Å². The van der Waals surface area contributed by atoms with Crippen LogP contribution in [0.25, 0.3) is 0 Å². The summed E-state index contributed by atoms with van der Waals surface area (Å²) in [4.78, 5) is 35.0. The number of nitrogens with one attached hydrogen (secondary N) is 2. The van der Waals surface area contributed by atoms with Crippen LogP contribution in [0.15, 0.2) is 36.4 Å². The number of halogens is 1. The van der Waals surface area contributed by atoms with Crippen LogP contribution >= 0.6 is 11.6 Å². The number of ether oxygens (including phenoxy) is 1. The second-order valence-corrected chi connectivity index (χ2v) is 6.23. The molecule has 2 amide bonds. The van der Waals surface area contributed by atoms with Gasteiger partial charge in [0.1, 0.15) is 0 Å². The third-order valence-electron chi connectivity index (χ3n) is 3.47. The highest BCUT2D eigenvalue weighted by molar-refractivity contribution is 6.34. The lowest BCUT2D eigenvalue weighted by molar-refractivity contribution is -0.119. The molecule has 0 aliphatic carbocycles. The van der Waals surface area contributed by atoms with Crippen LogP contribution in [0.1, 0.15) is 28.4 Å². The Bertz CT molecular complexity index is 824. The Kier molecular flexibility index (Phi) is 6.36. The van der Waals surface area contributed by atoms with E-state index in [1.54, 1.807) is 18.2 Å². The third-order valence-corrected chi connectivity index (χ3v) is 3.77. The number of hydrogen-bond donors (Lipinski definition) is 2. The van der Waals surface area contributed by atoms with Crippen molar-refractivity contribution in [1.82, 2.24) is 0 Å². The molecule has 0 atom stereocenters. The lowest BCUT2D eigenvalue weighted by Crippen LogP contribution is -2.21. The maximum Gasteiger partial charge on any atom is 0.338 e. The largest absolute Gasteiger partial charge is 0.452 e. The van der Waals surface area contributed by atoms with Gasteiger partial charge in [0.05, 0.1) is 16.3 Å². The van der Waals surface area contributed by atoms with Gasteiger partial charge < -0.3 is 15.4 Å². The smallest absolute Gasteiger partial charge is 0.338 e. The Morgan fingerprint density at radius 2 is 1.69 bits per heavy atom. The van der Waals surface area contributed by atoms with Gasteiger partial charge in [-0.2, -0.15) is 0 Å². The molecule has 7 heteroatoms. The van der Waals surface area contributed by atoms with Crippen molar-refractivity contribution in [3.8, 4) is 0 Å². The number of carbonyl (C=O) groups is 3. The molecule has 0 fully saturated rings. The highest BCUT2D eigenvalue weighted by Gasteiger charge is 2.13. The van der Waals surface area contributed by atoms with Gasteiger partial charge in [-0.05, 0) is 55.3 Å². The fraction of sp³-hybridized carbons (Fsp3) is 0.211. The Morgan fingerprint density at radius 1 is 1.04 bits per heavy atom. The number of hydrogen-bond acceptors (Lipinski definition) is 4. The molecule has 0 aromatic heterocycles. The lowest BCUT2D eigenvalue weighted by Gasteiger charge is -2.12. The molecule has 136 valence electrons. The van der Waals surface area contributed by atoms with Crippen molar-refractivity contribution in [1.29, 1.82) is 0 Å². The quantitative estimate of drug-likeness (QED) is 0.781. The van der Waals surface area contributed by atoms with Crippen molar-refractivity contribution >= 4 is 40.8 Å².